The Bertz CT molecular complexity index is 823. The number of carbonyl (C=O) groups is 2. The Morgan fingerprint density at radius 3 is 2.90 bits per heavy atom. The summed E-state index contributed by atoms with van der Waals surface area (Å²) in [5.41, 5.74) is 1.87. The number of para-hydroxylation sites is 1. The molecule has 1 aromatic carbocycles. The maximum absolute atomic E-state index is 12.0. The first-order valence-electron chi connectivity index (χ1n) is 6.18. The number of hydrogen-bond donors (Lipinski definition) is 1. The molecule has 0 saturated heterocycles. The topological polar surface area (TPSA) is 89.8 Å². The maximum atomic E-state index is 12.0. The number of nitrogens with zero attached hydrogens (tertiary/aromatic N) is 4. The first-order chi connectivity index (χ1) is 10.1. The van der Waals surface area contributed by atoms with E-state index in [0.717, 1.165) is 11.0 Å². The molecule has 106 valence electrons. The summed E-state index contributed by atoms with van der Waals surface area (Å²) in [6, 6.07) is 7.40. The van der Waals surface area contributed by atoms with Gasteiger partial charge in [0, 0.05) is 12.3 Å². The van der Waals surface area contributed by atoms with Gasteiger partial charge in [0.05, 0.1) is 5.52 Å². The van der Waals surface area contributed by atoms with Gasteiger partial charge < -0.3 is 5.32 Å². The Balaban J connectivity index is 1.72. The fourth-order valence-electron chi connectivity index (χ4n) is 1.82. The predicted molar refractivity (Wildman–Crippen MR) is 78.3 cm³/mol. The van der Waals surface area contributed by atoms with Crippen LogP contribution in [0.3, 0.4) is 0 Å². The molecule has 3 rings (SSSR count). The van der Waals surface area contributed by atoms with Crippen LogP contribution < -0.4 is 5.32 Å². The quantitative estimate of drug-likeness (QED) is 0.741. The van der Waals surface area contributed by atoms with Crippen molar-refractivity contribution in [2.75, 3.05) is 5.32 Å². The van der Waals surface area contributed by atoms with Gasteiger partial charge in [0.2, 0.25) is 5.91 Å². The van der Waals surface area contributed by atoms with Gasteiger partial charge in [-0.2, -0.15) is 0 Å². The predicted octanol–water partition coefficient (Wildman–Crippen LogP) is 1.73. The molecule has 1 N–H and O–H groups in total. The van der Waals surface area contributed by atoms with Crippen LogP contribution in [0.1, 0.15) is 17.4 Å². The van der Waals surface area contributed by atoms with Crippen molar-refractivity contribution in [2.24, 2.45) is 0 Å². The molecule has 2 aromatic heterocycles. The number of carbonyl (C=O) groups excluding carboxylic acids is 2. The van der Waals surface area contributed by atoms with Crippen molar-refractivity contribution >= 4 is 39.2 Å². The van der Waals surface area contributed by atoms with E-state index in [1.54, 1.807) is 5.38 Å². The molecule has 8 heteroatoms. The summed E-state index contributed by atoms with van der Waals surface area (Å²) in [7, 11) is 0. The second-order valence-electron chi connectivity index (χ2n) is 4.38. The number of anilines is 1. The van der Waals surface area contributed by atoms with Crippen LogP contribution in [-0.4, -0.2) is 31.7 Å². The van der Waals surface area contributed by atoms with E-state index in [1.165, 1.54) is 22.9 Å². The van der Waals surface area contributed by atoms with Crippen molar-refractivity contribution < 1.29 is 9.59 Å². The third-order valence-electron chi connectivity index (χ3n) is 2.82. The first-order valence-corrected chi connectivity index (χ1v) is 7.06. The number of nitrogens with one attached hydrogen (secondary N) is 1. The van der Waals surface area contributed by atoms with Crippen LogP contribution in [-0.2, 0) is 11.3 Å². The first kappa shape index (κ1) is 13.4. The van der Waals surface area contributed by atoms with Gasteiger partial charge in [-0.05, 0) is 12.1 Å². The summed E-state index contributed by atoms with van der Waals surface area (Å²) in [5, 5.41) is 12.6. The molecule has 7 nitrogen and oxygen atoms in total. The standard InChI is InChI=1S/C13H11N5O2S/c1-8(19)10-7-21-13(14-10)15-12(20)6-18-11-5-3-2-4-9(11)16-17-18/h2-5,7H,6H2,1H3,(H,14,15,20). The highest BCUT2D eigenvalue weighted by atomic mass is 32.1. The van der Waals surface area contributed by atoms with Crippen molar-refractivity contribution in [3.05, 3.63) is 35.3 Å². The van der Waals surface area contributed by atoms with E-state index in [2.05, 4.69) is 20.6 Å². The van der Waals surface area contributed by atoms with Crippen molar-refractivity contribution in [1.82, 2.24) is 20.0 Å². The summed E-state index contributed by atoms with van der Waals surface area (Å²) >= 11 is 1.21. The molecule has 0 aliphatic heterocycles. The van der Waals surface area contributed by atoms with Crippen molar-refractivity contribution in [3.8, 4) is 0 Å². The van der Waals surface area contributed by atoms with Crippen LogP contribution >= 0.6 is 11.3 Å². The average molecular weight is 301 g/mol. The second-order valence-corrected chi connectivity index (χ2v) is 5.24. The normalized spacial score (nSPS) is 10.7. The van der Waals surface area contributed by atoms with E-state index in [0.29, 0.717) is 10.8 Å². The fourth-order valence-corrected chi connectivity index (χ4v) is 2.59. The number of thiazole rings is 1. The van der Waals surface area contributed by atoms with Gasteiger partial charge in [0.1, 0.15) is 17.8 Å². The molecule has 0 atom stereocenters. The van der Waals surface area contributed by atoms with E-state index < -0.39 is 0 Å². The molecule has 0 fully saturated rings. The van der Waals surface area contributed by atoms with Gasteiger partial charge in [-0.1, -0.05) is 17.3 Å². The summed E-state index contributed by atoms with van der Waals surface area (Å²) < 4.78 is 1.52. The molecule has 2 heterocycles. The van der Waals surface area contributed by atoms with E-state index in [1.807, 2.05) is 24.3 Å². The zero-order valence-corrected chi connectivity index (χ0v) is 11.9. The highest BCUT2D eigenvalue weighted by Gasteiger charge is 2.11. The zero-order chi connectivity index (χ0) is 14.8. The number of amides is 1. The van der Waals surface area contributed by atoms with Gasteiger partial charge in [-0.25, -0.2) is 9.67 Å². The minimum absolute atomic E-state index is 0.0372. The highest BCUT2D eigenvalue weighted by Crippen LogP contribution is 2.16. The molecule has 0 saturated carbocycles. The monoisotopic (exact) mass is 301 g/mol. The zero-order valence-electron chi connectivity index (χ0n) is 11.1. The molecule has 21 heavy (non-hydrogen) atoms. The molecule has 1 amide bonds. The number of ketones is 1. The van der Waals surface area contributed by atoms with E-state index >= 15 is 0 Å². The van der Waals surface area contributed by atoms with Gasteiger partial charge >= 0.3 is 0 Å². The van der Waals surface area contributed by atoms with E-state index in [4.69, 9.17) is 0 Å². The van der Waals surface area contributed by atoms with E-state index in [-0.39, 0.29) is 18.2 Å². The van der Waals surface area contributed by atoms with Crippen LogP contribution in [0.15, 0.2) is 29.6 Å². The third-order valence-corrected chi connectivity index (χ3v) is 3.58. The SMILES string of the molecule is CC(=O)c1csc(NC(=O)Cn2nnc3ccccc32)n1. The third kappa shape index (κ3) is 2.79. The minimum atomic E-state index is -0.268. The highest BCUT2D eigenvalue weighted by molar-refractivity contribution is 7.14. The molecule has 0 aliphatic carbocycles. The smallest absolute Gasteiger partial charge is 0.247 e. The Morgan fingerprint density at radius 2 is 2.14 bits per heavy atom. The molecule has 0 spiro atoms. The Labute approximate surface area is 123 Å². The summed E-state index contributed by atoms with van der Waals surface area (Å²) in [6.45, 7) is 1.47. The molecule has 0 bridgehead atoms. The van der Waals surface area contributed by atoms with Gasteiger partial charge in [-0.15, -0.1) is 16.4 Å². The Morgan fingerprint density at radius 1 is 1.33 bits per heavy atom. The number of benzene rings is 1. The van der Waals surface area contributed by atoms with Gasteiger partial charge in [0.25, 0.3) is 0 Å². The number of Topliss-reactive ketones (excluding diaryl/α,β-unsaturated/α-hetero) is 1. The number of rotatable bonds is 4. The second kappa shape index (κ2) is 5.41. The molecule has 0 unspecified atom stereocenters. The minimum Gasteiger partial charge on any atom is -0.300 e. The Hall–Kier alpha value is -2.61. The maximum Gasteiger partial charge on any atom is 0.247 e. The largest absolute Gasteiger partial charge is 0.300 e. The molecule has 3 aromatic rings. The van der Waals surface area contributed by atoms with Crippen molar-refractivity contribution in [3.63, 3.8) is 0 Å². The molecule has 0 aliphatic rings. The molecule has 0 radical (unpaired) electrons. The van der Waals surface area contributed by atoms with Crippen LogP contribution in [0, 0.1) is 0 Å². The average Bonchev–Trinajstić information content (AvgIpc) is 3.07. The number of aromatic nitrogens is 4. The van der Waals surface area contributed by atoms with Gasteiger partial charge in [0.15, 0.2) is 10.9 Å². The summed E-state index contributed by atoms with van der Waals surface area (Å²) in [4.78, 5) is 27.2. The van der Waals surface area contributed by atoms with Crippen molar-refractivity contribution in [2.45, 2.75) is 13.5 Å². The van der Waals surface area contributed by atoms with Gasteiger partial charge in [-0.3, -0.25) is 9.59 Å². The molecular formula is C13H11N5O2S. The van der Waals surface area contributed by atoms with Crippen LogP contribution in [0.25, 0.3) is 11.0 Å². The fraction of sp³-hybridized carbons (Fsp3) is 0.154. The van der Waals surface area contributed by atoms with E-state index in [9.17, 15) is 9.59 Å². The lowest BCUT2D eigenvalue weighted by Crippen LogP contribution is -2.19. The molecular weight excluding hydrogens is 290 g/mol. The Kier molecular flexibility index (Phi) is 3.44. The van der Waals surface area contributed by atoms with Crippen LogP contribution in [0.5, 0.6) is 0 Å². The van der Waals surface area contributed by atoms with Crippen molar-refractivity contribution in [1.29, 1.82) is 0 Å². The lowest BCUT2D eigenvalue weighted by molar-refractivity contribution is -0.116. The lowest BCUT2D eigenvalue weighted by atomic mass is 10.3. The number of fused-ring (bicyclic) bond motifs is 1. The summed E-state index contributed by atoms with van der Waals surface area (Å²) in [5.74, 6) is -0.399. The van der Waals surface area contributed by atoms with Crippen LogP contribution in [0.4, 0.5) is 5.13 Å². The summed E-state index contributed by atoms with van der Waals surface area (Å²) in [6.07, 6.45) is 0. The van der Waals surface area contributed by atoms with Crippen LogP contribution in [0.2, 0.25) is 0 Å². The number of hydrogen-bond acceptors (Lipinski definition) is 6. The lowest BCUT2D eigenvalue weighted by Gasteiger charge is -2.02.